The Kier molecular flexibility index (Phi) is 5.00. The molecule has 0 bridgehead atoms. The highest BCUT2D eigenvalue weighted by atomic mass is 79.9. The number of hydrogen-bond acceptors (Lipinski definition) is 4. The number of aromatic nitrogens is 2. The van der Waals surface area contributed by atoms with E-state index in [4.69, 9.17) is 4.42 Å². The summed E-state index contributed by atoms with van der Waals surface area (Å²) in [6, 6.07) is 3.81. The maximum Gasteiger partial charge on any atom is 0.417 e. The molecule has 4 nitrogen and oxygen atoms in total. The van der Waals surface area contributed by atoms with E-state index in [1.165, 1.54) is 12.1 Å². The minimum atomic E-state index is -4.44. The molecule has 0 fully saturated rings. The quantitative estimate of drug-likeness (QED) is 0.823. The molecule has 1 aromatic carbocycles. The van der Waals surface area contributed by atoms with Crippen LogP contribution in [-0.2, 0) is 12.6 Å². The van der Waals surface area contributed by atoms with E-state index in [-0.39, 0.29) is 15.9 Å². The van der Waals surface area contributed by atoms with E-state index in [2.05, 4.69) is 31.4 Å². The third kappa shape index (κ3) is 4.04. The maximum atomic E-state index is 12.9. The van der Waals surface area contributed by atoms with Gasteiger partial charge in [0.25, 0.3) is 0 Å². The summed E-state index contributed by atoms with van der Waals surface area (Å²) in [6.45, 7) is 3.47. The van der Waals surface area contributed by atoms with Gasteiger partial charge in [0.15, 0.2) is 0 Å². The number of nitrogens with one attached hydrogen (secondary N) is 1. The average molecular weight is 364 g/mol. The number of halogens is 4. The van der Waals surface area contributed by atoms with Crippen LogP contribution in [0.3, 0.4) is 0 Å². The molecule has 0 saturated heterocycles. The lowest BCUT2D eigenvalue weighted by molar-refractivity contribution is -0.138. The fourth-order valence-electron chi connectivity index (χ4n) is 1.72. The van der Waals surface area contributed by atoms with Crippen molar-refractivity contribution in [2.75, 3.05) is 13.1 Å². The van der Waals surface area contributed by atoms with Crippen molar-refractivity contribution in [2.24, 2.45) is 0 Å². The van der Waals surface area contributed by atoms with Crippen LogP contribution >= 0.6 is 15.9 Å². The third-order valence-electron chi connectivity index (χ3n) is 2.75. The van der Waals surface area contributed by atoms with Crippen LogP contribution in [0.1, 0.15) is 18.4 Å². The lowest BCUT2D eigenvalue weighted by atomic mass is 10.1. The first-order chi connectivity index (χ1) is 9.91. The van der Waals surface area contributed by atoms with Crippen molar-refractivity contribution in [1.29, 1.82) is 0 Å². The van der Waals surface area contributed by atoms with Gasteiger partial charge in [0.1, 0.15) is 0 Å². The fourth-order valence-corrected chi connectivity index (χ4v) is 2.19. The number of benzene rings is 1. The zero-order valence-corrected chi connectivity index (χ0v) is 12.8. The Morgan fingerprint density at radius 3 is 2.71 bits per heavy atom. The Morgan fingerprint density at radius 2 is 2.05 bits per heavy atom. The normalized spacial score (nSPS) is 11.9. The Labute approximate surface area is 127 Å². The molecule has 8 heteroatoms. The van der Waals surface area contributed by atoms with Gasteiger partial charge in [0.05, 0.1) is 5.56 Å². The number of alkyl halides is 3. The van der Waals surface area contributed by atoms with Gasteiger partial charge in [-0.1, -0.05) is 22.9 Å². The molecule has 1 N–H and O–H groups in total. The summed E-state index contributed by atoms with van der Waals surface area (Å²) < 4.78 is 43.9. The van der Waals surface area contributed by atoms with Crippen LogP contribution in [0.25, 0.3) is 11.5 Å². The van der Waals surface area contributed by atoms with E-state index in [1.807, 2.05) is 6.92 Å². The Bertz CT molecular complexity index is 613. The van der Waals surface area contributed by atoms with Gasteiger partial charge in [-0.25, -0.2) is 0 Å². The summed E-state index contributed by atoms with van der Waals surface area (Å²) >= 11 is 2.89. The molecule has 0 saturated carbocycles. The van der Waals surface area contributed by atoms with Gasteiger partial charge in [0, 0.05) is 23.0 Å². The van der Waals surface area contributed by atoms with Gasteiger partial charge in [-0.2, -0.15) is 13.2 Å². The molecule has 0 spiro atoms. The standard InChI is InChI=1S/C13H13BrF3N3O/c1-2-18-6-5-11-19-20-12(21-11)8-3-4-10(14)9(7-8)13(15,16)17/h3-4,7,18H,2,5-6H2,1H3. The molecule has 0 aliphatic rings. The van der Waals surface area contributed by atoms with Gasteiger partial charge in [0.2, 0.25) is 11.8 Å². The minimum Gasteiger partial charge on any atom is -0.421 e. The lowest BCUT2D eigenvalue weighted by Gasteiger charge is -2.09. The van der Waals surface area contributed by atoms with Gasteiger partial charge < -0.3 is 9.73 Å². The second-order valence-corrected chi connectivity index (χ2v) is 5.15. The predicted octanol–water partition coefficient (Wildman–Crippen LogP) is 3.67. The lowest BCUT2D eigenvalue weighted by Crippen LogP contribution is -2.16. The second-order valence-electron chi connectivity index (χ2n) is 4.30. The molecule has 114 valence electrons. The Balaban J connectivity index is 2.22. The van der Waals surface area contributed by atoms with Crippen molar-refractivity contribution < 1.29 is 17.6 Å². The summed E-state index contributed by atoms with van der Waals surface area (Å²) in [6.07, 6.45) is -3.91. The molecule has 1 heterocycles. The van der Waals surface area contributed by atoms with E-state index in [1.54, 1.807) is 0 Å². The van der Waals surface area contributed by atoms with Gasteiger partial charge in [-0.05, 0) is 24.7 Å². The predicted molar refractivity (Wildman–Crippen MR) is 74.7 cm³/mol. The summed E-state index contributed by atoms with van der Waals surface area (Å²) in [7, 11) is 0. The number of rotatable bonds is 5. The van der Waals surface area contributed by atoms with Crippen molar-refractivity contribution in [1.82, 2.24) is 15.5 Å². The third-order valence-corrected chi connectivity index (χ3v) is 3.44. The highest BCUT2D eigenvalue weighted by molar-refractivity contribution is 9.10. The largest absolute Gasteiger partial charge is 0.421 e. The molecule has 0 aliphatic heterocycles. The van der Waals surface area contributed by atoms with Crippen LogP contribution in [0, 0.1) is 0 Å². The SMILES string of the molecule is CCNCCc1nnc(-c2ccc(Br)c(C(F)(F)F)c2)o1. The molecule has 0 aliphatic carbocycles. The van der Waals surface area contributed by atoms with Crippen LogP contribution in [0.5, 0.6) is 0 Å². The first-order valence-corrected chi connectivity index (χ1v) is 7.11. The fraction of sp³-hybridized carbons (Fsp3) is 0.385. The van der Waals surface area contributed by atoms with E-state index in [0.29, 0.717) is 18.9 Å². The molecule has 1 aromatic heterocycles. The Morgan fingerprint density at radius 1 is 1.29 bits per heavy atom. The first kappa shape index (κ1) is 16.0. The summed E-state index contributed by atoms with van der Waals surface area (Å²) in [5.41, 5.74) is -0.528. The zero-order chi connectivity index (χ0) is 15.5. The Hall–Kier alpha value is -1.41. The monoisotopic (exact) mass is 363 g/mol. The highest BCUT2D eigenvalue weighted by Crippen LogP contribution is 2.37. The minimum absolute atomic E-state index is 0.0226. The van der Waals surface area contributed by atoms with Crippen LogP contribution in [-0.4, -0.2) is 23.3 Å². The molecule has 2 aromatic rings. The summed E-state index contributed by atoms with van der Waals surface area (Å²) in [5.74, 6) is 0.474. The summed E-state index contributed by atoms with van der Waals surface area (Å²) in [5, 5.41) is 10.7. The van der Waals surface area contributed by atoms with Crippen LogP contribution in [0.2, 0.25) is 0 Å². The molecule has 0 amide bonds. The summed E-state index contributed by atoms with van der Waals surface area (Å²) in [4.78, 5) is 0. The number of likely N-dealkylation sites (N-methyl/N-ethyl adjacent to an activating group) is 1. The topological polar surface area (TPSA) is 51.0 Å². The van der Waals surface area contributed by atoms with Crippen LogP contribution < -0.4 is 5.32 Å². The molecular weight excluding hydrogens is 351 g/mol. The van der Waals surface area contributed by atoms with E-state index >= 15 is 0 Å². The van der Waals surface area contributed by atoms with E-state index in [0.717, 1.165) is 12.6 Å². The molecule has 0 radical (unpaired) electrons. The van der Waals surface area contributed by atoms with Crippen LogP contribution in [0.4, 0.5) is 13.2 Å². The first-order valence-electron chi connectivity index (χ1n) is 6.32. The van der Waals surface area contributed by atoms with Gasteiger partial charge in [-0.15, -0.1) is 10.2 Å². The van der Waals surface area contributed by atoms with Gasteiger partial charge >= 0.3 is 6.18 Å². The average Bonchev–Trinajstić information content (AvgIpc) is 2.87. The number of nitrogens with zero attached hydrogens (tertiary/aromatic N) is 2. The van der Waals surface area contributed by atoms with Crippen molar-refractivity contribution in [3.63, 3.8) is 0 Å². The van der Waals surface area contributed by atoms with E-state index in [9.17, 15) is 13.2 Å². The zero-order valence-electron chi connectivity index (χ0n) is 11.2. The molecule has 2 rings (SSSR count). The smallest absolute Gasteiger partial charge is 0.417 e. The molecule has 0 unspecified atom stereocenters. The van der Waals surface area contributed by atoms with Gasteiger partial charge in [-0.3, -0.25) is 0 Å². The van der Waals surface area contributed by atoms with Crippen molar-refractivity contribution >= 4 is 15.9 Å². The maximum absolute atomic E-state index is 12.9. The van der Waals surface area contributed by atoms with Crippen molar-refractivity contribution in [3.05, 3.63) is 34.1 Å². The highest BCUT2D eigenvalue weighted by Gasteiger charge is 2.33. The molecule has 0 atom stereocenters. The molecule has 21 heavy (non-hydrogen) atoms. The van der Waals surface area contributed by atoms with Crippen molar-refractivity contribution in [3.8, 4) is 11.5 Å². The van der Waals surface area contributed by atoms with E-state index < -0.39 is 11.7 Å². The molecular formula is C13H13BrF3N3O. The number of hydrogen-bond donors (Lipinski definition) is 1. The second kappa shape index (κ2) is 6.57. The van der Waals surface area contributed by atoms with Crippen LogP contribution in [0.15, 0.2) is 27.1 Å². The van der Waals surface area contributed by atoms with Crippen molar-refractivity contribution in [2.45, 2.75) is 19.5 Å².